The third kappa shape index (κ3) is 5.24. The Morgan fingerprint density at radius 1 is 1.14 bits per heavy atom. The van der Waals surface area contributed by atoms with Gasteiger partial charge in [-0.1, -0.05) is 25.3 Å². The Bertz CT molecular complexity index is 1200. The summed E-state index contributed by atoms with van der Waals surface area (Å²) in [6.07, 6.45) is 6.67. The standard InChI is InChI=1S/C23H25F4N5O3S/c24-9-14(10-25)31-36(33,34)17-12-29-22(30-13-17)21-19(11-28)18-7-6-16(35-23(26)27)8-20(18)32(21)15-4-2-1-3-5-15/h6-8,12-15,19,21,23,31H,1-5,9-10H2. The number of nitriles is 1. The quantitative estimate of drug-likeness (QED) is 0.488. The van der Waals surface area contributed by atoms with Gasteiger partial charge in [0.2, 0.25) is 10.0 Å². The summed E-state index contributed by atoms with van der Waals surface area (Å²) in [5, 5.41) is 10.1. The Hall–Kier alpha value is -2.98. The van der Waals surface area contributed by atoms with Crippen LogP contribution >= 0.6 is 0 Å². The molecule has 36 heavy (non-hydrogen) atoms. The van der Waals surface area contributed by atoms with Crippen molar-refractivity contribution >= 4 is 15.7 Å². The predicted octanol–water partition coefficient (Wildman–Crippen LogP) is 4.17. The first-order valence-corrected chi connectivity index (χ1v) is 13.0. The second-order valence-electron chi connectivity index (χ2n) is 8.75. The van der Waals surface area contributed by atoms with E-state index in [0.29, 0.717) is 11.3 Å². The first-order valence-electron chi connectivity index (χ1n) is 11.5. The summed E-state index contributed by atoms with van der Waals surface area (Å²) in [6.45, 7) is -5.44. The fourth-order valence-electron chi connectivity index (χ4n) is 4.87. The van der Waals surface area contributed by atoms with Gasteiger partial charge < -0.3 is 9.64 Å². The van der Waals surface area contributed by atoms with Crippen LogP contribution in [0.1, 0.15) is 55.5 Å². The molecular formula is C23H25F4N5O3S. The lowest BCUT2D eigenvalue weighted by Crippen LogP contribution is -2.39. The highest BCUT2D eigenvalue weighted by Crippen LogP contribution is 2.51. The number of hydrogen-bond acceptors (Lipinski definition) is 7. The molecule has 1 aromatic heterocycles. The molecular weight excluding hydrogens is 502 g/mol. The molecule has 0 bridgehead atoms. The minimum atomic E-state index is -4.27. The van der Waals surface area contributed by atoms with E-state index in [-0.39, 0.29) is 22.5 Å². The molecule has 0 radical (unpaired) electrons. The van der Waals surface area contributed by atoms with Gasteiger partial charge in [0.25, 0.3) is 0 Å². The summed E-state index contributed by atoms with van der Waals surface area (Å²) in [4.78, 5) is 10.0. The topological polar surface area (TPSA) is 108 Å². The fraction of sp³-hybridized carbons (Fsp3) is 0.522. The van der Waals surface area contributed by atoms with Gasteiger partial charge in [-0.15, -0.1) is 0 Å². The maximum Gasteiger partial charge on any atom is 0.387 e. The lowest BCUT2D eigenvalue weighted by atomic mass is 9.92. The number of nitrogens with one attached hydrogen (secondary N) is 1. The van der Waals surface area contributed by atoms with E-state index < -0.39 is 48.0 Å². The molecule has 1 saturated carbocycles. The fourth-order valence-corrected chi connectivity index (χ4v) is 5.96. The summed E-state index contributed by atoms with van der Waals surface area (Å²) in [6, 6.07) is 4.48. The summed E-state index contributed by atoms with van der Waals surface area (Å²) < 4.78 is 82.8. The Morgan fingerprint density at radius 3 is 2.39 bits per heavy atom. The van der Waals surface area contributed by atoms with E-state index in [9.17, 15) is 31.2 Å². The molecule has 1 aromatic carbocycles. The number of fused-ring (bicyclic) bond motifs is 1. The molecule has 1 N–H and O–H groups in total. The van der Waals surface area contributed by atoms with Gasteiger partial charge in [0.05, 0.1) is 24.5 Å². The SMILES string of the molecule is N#CC1c2ccc(OC(F)F)cc2N(C2CCCCC2)C1c1ncc(S(=O)(=O)NC(CF)CF)cn1. The highest BCUT2D eigenvalue weighted by atomic mass is 32.2. The number of ether oxygens (including phenoxy) is 1. The van der Waals surface area contributed by atoms with Gasteiger partial charge in [-0.3, -0.25) is 0 Å². The minimum absolute atomic E-state index is 0.00816. The normalized spacial score (nSPS) is 20.5. The molecule has 194 valence electrons. The van der Waals surface area contributed by atoms with Crippen molar-refractivity contribution in [2.75, 3.05) is 18.2 Å². The van der Waals surface area contributed by atoms with Crippen molar-refractivity contribution in [3.63, 3.8) is 0 Å². The molecule has 0 spiro atoms. The Kier molecular flexibility index (Phi) is 7.94. The van der Waals surface area contributed by atoms with E-state index in [2.05, 4.69) is 20.8 Å². The highest BCUT2D eigenvalue weighted by Gasteiger charge is 2.45. The molecule has 4 rings (SSSR count). The molecule has 0 saturated heterocycles. The number of hydrogen-bond donors (Lipinski definition) is 1. The molecule has 2 atom stereocenters. The van der Waals surface area contributed by atoms with Crippen molar-refractivity contribution < 1.29 is 30.7 Å². The number of sulfonamides is 1. The van der Waals surface area contributed by atoms with E-state index in [1.807, 2.05) is 9.62 Å². The number of aromatic nitrogens is 2. The first kappa shape index (κ1) is 26.1. The molecule has 2 aromatic rings. The van der Waals surface area contributed by atoms with Gasteiger partial charge >= 0.3 is 6.61 Å². The molecule has 8 nitrogen and oxygen atoms in total. The maximum atomic E-state index is 12.9. The molecule has 1 fully saturated rings. The van der Waals surface area contributed by atoms with Crippen LogP contribution in [0.2, 0.25) is 0 Å². The maximum absolute atomic E-state index is 12.9. The smallest absolute Gasteiger partial charge is 0.387 e. The monoisotopic (exact) mass is 527 g/mol. The van der Waals surface area contributed by atoms with Crippen LogP contribution in [0.5, 0.6) is 5.75 Å². The van der Waals surface area contributed by atoms with Crippen molar-refractivity contribution in [2.24, 2.45) is 0 Å². The molecule has 1 aliphatic carbocycles. The van der Waals surface area contributed by atoms with Crippen LogP contribution in [0.15, 0.2) is 35.5 Å². The Labute approximate surface area is 206 Å². The van der Waals surface area contributed by atoms with E-state index in [1.54, 1.807) is 6.07 Å². The van der Waals surface area contributed by atoms with Crippen LogP contribution in [-0.2, 0) is 10.0 Å². The van der Waals surface area contributed by atoms with E-state index in [1.165, 1.54) is 12.1 Å². The van der Waals surface area contributed by atoms with Gasteiger partial charge in [0, 0.05) is 17.8 Å². The third-order valence-corrected chi connectivity index (χ3v) is 7.96. The van der Waals surface area contributed by atoms with Gasteiger partial charge in [0.15, 0.2) is 5.82 Å². The lowest BCUT2D eigenvalue weighted by Gasteiger charge is -2.37. The van der Waals surface area contributed by atoms with Crippen LogP contribution in [-0.4, -0.2) is 50.4 Å². The van der Waals surface area contributed by atoms with E-state index >= 15 is 0 Å². The van der Waals surface area contributed by atoms with Crippen LogP contribution in [0, 0.1) is 11.3 Å². The second kappa shape index (κ2) is 11.0. The molecule has 2 unspecified atom stereocenters. The number of alkyl halides is 4. The molecule has 13 heteroatoms. The zero-order valence-electron chi connectivity index (χ0n) is 19.2. The van der Waals surface area contributed by atoms with Crippen LogP contribution in [0.3, 0.4) is 0 Å². The van der Waals surface area contributed by atoms with Gasteiger partial charge in [0.1, 0.15) is 36.0 Å². The molecule has 0 amide bonds. The zero-order valence-corrected chi connectivity index (χ0v) is 20.0. The largest absolute Gasteiger partial charge is 0.435 e. The second-order valence-corrected chi connectivity index (χ2v) is 10.5. The average molecular weight is 528 g/mol. The number of benzene rings is 1. The van der Waals surface area contributed by atoms with Gasteiger partial charge in [-0.05, 0) is 24.5 Å². The zero-order chi connectivity index (χ0) is 25.9. The summed E-state index contributed by atoms with van der Waals surface area (Å²) >= 11 is 0. The predicted molar refractivity (Wildman–Crippen MR) is 122 cm³/mol. The molecule has 1 aliphatic heterocycles. The van der Waals surface area contributed by atoms with Crippen LogP contribution < -0.4 is 14.4 Å². The average Bonchev–Trinajstić information content (AvgIpc) is 3.21. The van der Waals surface area contributed by atoms with Gasteiger partial charge in [-0.25, -0.2) is 31.9 Å². The van der Waals surface area contributed by atoms with Crippen molar-refractivity contribution in [2.45, 2.75) is 67.7 Å². The van der Waals surface area contributed by atoms with E-state index in [4.69, 9.17) is 0 Å². The highest BCUT2D eigenvalue weighted by molar-refractivity contribution is 7.89. The summed E-state index contributed by atoms with van der Waals surface area (Å²) in [5.74, 6) is -0.609. The Balaban J connectivity index is 1.72. The number of nitrogens with zero attached hydrogens (tertiary/aromatic N) is 4. The third-order valence-electron chi connectivity index (χ3n) is 6.48. The summed E-state index contributed by atoms with van der Waals surface area (Å²) in [5.41, 5.74) is 1.19. The van der Waals surface area contributed by atoms with Crippen molar-refractivity contribution in [3.05, 3.63) is 42.0 Å². The number of anilines is 1. The molecule has 2 heterocycles. The van der Waals surface area contributed by atoms with E-state index in [0.717, 1.165) is 44.5 Å². The van der Waals surface area contributed by atoms with Gasteiger partial charge in [-0.2, -0.15) is 14.0 Å². The van der Waals surface area contributed by atoms with Crippen molar-refractivity contribution in [1.29, 1.82) is 5.26 Å². The summed E-state index contributed by atoms with van der Waals surface area (Å²) in [7, 11) is -4.27. The van der Waals surface area contributed by atoms with Crippen molar-refractivity contribution in [1.82, 2.24) is 14.7 Å². The number of halogens is 4. The minimum Gasteiger partial charge on any atom is -0.435 e. The first-order chi connectivity index (χ1) is 17.3. The van der Waals surface area contributed by atoms with Crippen LogP contribution in [0.25, 0.3) is 0 Å². The van der Waals surface area contributed by atoms with Crippen LogP contribution in [0.4, 0.5) is 23.2 Å². The van der Waals surface area contributed by atoms with Crippen molar-refractivity contribution in [3.8, 4) is 11.8 Å². The number of rotatable bonds is 9. The lowest BCUT2D eigenvalue weighted by molar-refractivity contribution is -0.0498. The Morgan fingerprint density at radius 2 is 1.81 bits per heavy atom. The molecule has 2 aliphatic rings.